The van der Waals surface area contributed by atoms with E-state index in [1.807, 2.05) is 42.3 Å². The Kier molecular flexibility index (Phi) is 6.21. The van der Waals surface area contributed by atoms with E-state index >= 15 is 0 Å². The molecule has 1 aliphatic heterocycles. The molecule has 0 unspecified atom stereocenters. The van der Waals surface area contributed by atoms with Gasteiger partial charge in [0.25, 0.3) is 5.69 Å². The number of aromatic nitrogens is 2. The molecule has 0 spiro atoms. The van der Waals surface area contributed by atoms with Gasteiger partial charge in [-0.2, -0.15) is 9.40 Å². The molecule has 2 heterocycles. The topological polar surface area (TPSA) is 114 Å². The molecular formula is C21H24N6O4S. The summed E-state index contributed by atoms with van der Waals surface area (Å²) in [5.74, 6) is 0. The summed E-state index contributed by atoms with van der Waals surface area (Å²) in [5, 5.41) is 19.0. The number of nitrogens with zero attached hydrogens (tertiary/aromatic N) is 5. The van der Waals surface area contributed by atoms with Crippen molar-refractivity contribution in [2.45, 2.75) is 11.4 Å². The SMILES string of the molecule is CN1CCN(S(=O)(=O)c2ccc(Nc3cnn(Cc4ccccc4)c3)c([N+](=O)[O-])c2)CC1. The van der Waals surface area contributed by atoms with Crippen LogP contribution in [0.25, 0.3) is 0 Å². The number of hydrogen-bond donors (Lipinski definition) is 1. The highest BCUT2D eigenvalue weighted by Crippen LogP contribution is 2.31. The molecule has 168 valence electrons. The molecule has 0 amide bonds. The van der Waals surface area contributed by atoms with Gasteiger partial charge in [-0.3, -0.25) is 14.8 Å². The lowest BCUT2D eigenvalue weighted by Crippen LogP contribution is -2.47. The van der Waals surface area contributed by atoms with Gasteiger partial charge in [0.2, 0.25) is 10.0 Å². The number of anilines is 2. The fourth-order valence-corrected chi connectivity index (χ4v) is 4.99. The van der Waals surface area contributed by atoms with Crippen LogP contribution in [0, 0.1) is 10.1 Å². The van der Waals surface area contributed by atoms with Gasteiger partial charge in [0, 0.05) is 38.4 Å². The summed E-state index contributed by atoms with van der Waals surface area (Å²) in [4.78, 5) is 13.1. The highest BCUT2D eigenvalue weighted by atomic mass is 32.2. The van der Waals surface area contributed by atoms with Gasteiger partial charge in [-0.25, -0.2) is 8.42 Å². The average molecular weight is 457 g/mol. The lowest BCUT2D eigenvalue weighted by atomic mass is 10.2. The third-order valence-corrected chi connectivity index (χ3v) is 7.26. The van der Waals surface area contributed by atoms with Gasteiger partial charge in [0.05, 0.1) is 28.2 Å². The number of piperazine rings is 1. The number of nitro benzene ring substituents is 1. The van der Waals surface area contributed by atoms with E-state index < -0.39 is 14.9 Å². The Labute approximate surface area is 186 Å². The summed E-state index contributed by atoms with van der Waals surface area (Å²) in [5.41, 5.74) is 1.54. The first-order valence-electron chi connectivity index (χ1n) is 10.1. The molecular weight excluding hydrogens is 432 g/mol. The number of benzene rings is 2. The van der Waals surface area contributed by atoms with E-state index in [1.165, 1.54) is 16.4 Å². The van der Waals surface area contributed by atoms with Gasteiger partial charge in [-0.1, -0.05) is 30.3 Å². The van der Waals surface area contributed by atoms with Gasteiger partial charge in [-0.05, 0) is 24.7 Å². The molecule has 1 aromatic heterocycles. The highest BCUT2D eigenvalue weighted by Gasteiger charge is 2.29. The molecule has 0 saturated carbocycles. The molecule has 3 aromatic rings. The molecule has 1 fully saturated rings. The first-order valence-corrected chi connectivity index (χ1v) is 11.6. The largest absolute Gasteiger partial charge is 0.347 e. The Balaban J connectivity index is 1.54. The van der Waals surface area contributed by atoms with Gasteiger partial charge < -0.3 is 10.2 Å². The predicted molar refractivity (Wildman–Crippen MR) is 120 cm³/mol. The summed E-state index contributed by atoms with van der Waals surface area (Å²) in [6, 6.07) is 13.7. The molecule has 1 saturated heterocycles. The summed E-state index contributed by atoms with van der Waals surface area (Å²) in [7, 11) is -1.88. The van der Waals surface area contributed by atoms with E-state index in [2.05, 4.69) is 10.4 Å². The second-order valence-electron chi connectivity index (χ2n) is 7.68. The molecule has 0 radical (unpaired) electrons. The normalized spacial score (nSPS) is 15.5. The van der Waals surface area contributed by atoms with Gasteiger partial charge in [0.15, 0.2) is 0 Å². The Hall–Kier alpha value is -3.28. The summed E-state index contributed by atoms with van der Waals surface area (Å²) in [6.07, 6.45) is 3.31. The van der Waals surface area contributed by atoms with Gasteiger partial charge in [-0.15, -0.1) is 0 Å². The zero-order valence-corrected chi connectivity index (χ0v) is 18.4. The Morgan fingerprint density at radius 1 is 1.09 bits per heavy atom. The first kappa shape index (κ1) is 21.9. The Morgan fingerprint density at radius 2 is 1.81 bits per heavy atom. The lowest BCUT2D eigenvalue weighted by Gasteiger charge is -2.31. The highest BCUT2D eigenvalue weighted by molar-refractivity contribution is 7.89. The molecule has 11 heteroatoms. The van der Waals surface area contributed by atoms with Crippen LogP contribution >= 0.6 is 0 Å². The summed E-state index contributed by atoms with van der Waals surface area (Å²) in [6.45, 7) is 2.51. The quantitative estimate of drug-likeness (QED) is 0.429. The Morgan fingerprint density at radius 3 is 2.50 bits per heavy atom. The van der Waals surface area contributed by atoms with Crippen LogP contribution in [-0.2, 0) is 16.6 Å². The second-order valence-corrected chi connectivity index (χ2v) is 9.62. The van der Waals surface area contributed by atoms with Crippen LogP contribution in [0.2, 0.25) is 0 Å². The van der Waals surface area contributed by atoms with Crippen molar-refractivity contribution in [3.63, 3.8) is 0 Å². The molecule has 4 rings (SSSR count). The molecule has 0 aliphatic carbocycles. The smallest absolute Gasteiger partial charge is 0.294 e. The summed E-state index contributed by atoms with van der Waals surface area (Å²) < 4.78 is 29.0. The van der Waals surface area contributed by atoms with E-state index in [1.54, 1.807) is 17.1 Å². The first-order chi connectivity index (χ1) is 15.3. The van der Waals surface area contributed by atoms with Gasteiger partial charge in [0.1, 0.15) is 5.69 Å². The van der Waals surface area contributed by atoms with Crippen molar-refractivity contribution in [1.29, 1.82) is 0 Å². The number of likely N-dealkylation sites (N-methyl/N-ethyl adjacent to an activating group) is 1. The Bertz CT molecular complexity index is 1200. The number of nitro groups is 1. The minimum atomic E-state index is -3.80. The molecule has 0 atom stereocenters. The molecule has 32 heavy (non-hydrogen) atoms. The minimum Gasteiger partial charge on any atom is -0.347 e. The third kappa shape index (κ3) is 4.79. The maximum Gasteiger partial charge on any atom is 0.294 e. The van der Waals surface area contributed by atoms with Crippen molar-refractivity contribution in [2.75, 3.05) is 38.5 Å². The van der Waals surface area contributed by atoms with Crippen LogP contribution in [0.5, 0.6) is 0 Å². The van der Waals surface area contributed by atoms with Crippen molar-refractivity contribution >= 4 is 27.1 Å². The van der Waals surface area contributed by atoms with Crippen molar-refractivity contribution in [3.05, 3.63) is 76.6 Å². The van der Waals surface area contributed by atoms with Crippen LogP contribution in [0.4, 0.5) is 17.1 Å². The van der Waals surface area contributed by atoms with Crippen LogP contribution in [0.3, 0.4) is 0 Å². The number of nitrogens with one attached hydrogen (secondary N) is 1. The molecule has 2 aromatic carbocycles. The van der Waals surface area contributed by atoms with Crippen molar-refractivity contribution in [2.24, 2.45) is 0 Å². The molecule has 1 N–H and O–H groups in total. The number of hydrogen-bond acceptors (Lipinski definition) is 7. The van der Waals surface area contributed by atoms with Crippen molar-refractivity contribution in [1.82, 2.24) is 19.0 Å². The van der Waals surface area contributed by atoms with E-state index in [0.29, 0.717) is 38.4 Å². The van der Waals surface area contributed by atoms with E-state index in [0.717, 1.165) is 11.6 Å². The molecule has 1 aliphatic rings. The zero-order valence-electron chi connectivity index (χ0n) is 17.6. The van der Waals surface area contributed by atoms with Crippen LogP contribution < -0.4 is 5.32 Å². The standard InChI is InChI=1S/C21H24N6O4S/c1-24-9-11-26(12-10-24)32(30,31)19-7-8-20(21(13-19)27(28)29)23-18-14-22-25(16-18)15-17-5-3-2-4-6-17/h2-8,13-14,16,23H,9-12,15H2,1H3. The van der Waals surface area contributed by atoms with Crippen LogP contribution in [0.1, 0.15) is 5.56 Å². The summed E-state index contributed by atoms with van der Waals surface area (Å²) >= 11 is 0. The minimum absolute atomic E-state index is 0.0842. The zero-order chi connectivity index (χ0) is 22.7. The fraction of sp³-hybridized carbons (Fsp3) is 0.286. The molecule has 0 bridgehead atoms. The molecule has 10 nitrogen and oxygen atoms in total. The maximum atomic E-state index is 13.0. The van der Waals surface area contributed by atoms with E-state index in [4.69, 9.17) is 0 Å². The van der Waals surface area contributed by atoms with Crippen molar-refractivity contribution < 1.29 is 13.3 Å². The van der Waals surface area contributed by atoms with Crippen molar-refractivity contribution in [3.8, 4) is 0 Å². The lowest BCUT2D eigenvalue weighted by molar-refractivity contribution is -0.384. The van der Waals surface area contributed by atoms with Gasteiger partial charge >= 0.3 is 0 Å². The van der Waals surface area contributed by atoms with E-state index in [9.17, 15) is 18.5 Å². The van der Waals surface area contributed by atoms with Crippen LogP contribution in [0.15, 0.2) is 65.8 Å². The average Bonchev–Trinajstić information content (AvgIpc) is 3.21. The second kappa shape index (κ2) is 9.07. The maximum absolute atomic E-state index is 13.0. The van der Waals surface area contributed by atoms with E-state index in [-0.39, 0.29) is 16.3 Å². The monoisotopic (exact) mass is 456 g/mol. The fourth-order valence-electron chi connectivity index (χ4n) is 3.55. The number of sulfonamides is 1. The number of rotatable bonds is 7. The third-order valence-electron chi connectivity index (χ3n) is 5.37. The predicted octanol–water partition coefficient (Wildman–Crippen LogP) is 2.52. The van der Waals surface area contributed by atoms with Crippen LogP contribution in [-0.4, -0.2) is 65.6 Å².